The second-order valence-corrected chi connectivity index (χ2v) is 5.75. The molecule has 0 bridgehead atoms. The molecule has 1 fully saturated rings. The van der Waals surface area contributed by atoms with E-state index in [1.54, 1.807) is 24.0 Å². The molecule has 0 spiro atoms. The molecule has 7 nitrogen and oxygen atoms in total. The molecule has 0 atom stereocenters. The zero-order valence-electron chi connectivity index (χ0n) is 14.0. The van der Waals surface area contributed by atoms with Crippen LogP contribution < -0.4 is 10.6 Å². The SMILES string of the molecule is CCOC(=O)N1CCC(NC(=O)C(=O)Nc2ccc(C)cc2)CC1. The van der Waals surface area contributed by atoms with Gasteiger partial charge in [-0.2, -0.15) is 0 Å². The number of benzene rings is 1. The predicted octanol–water partition coefficient (Wildman–Crippen LogP) is 1.67. The Balaban J connectivity index is 1.77. The Bertz CT molecular complexity index is 592. The van der Waals surface area contributed by atoms with Crippen molar-refractivity contribution < 1.29 is 19.1 Å². The van der Waals surface area contributed by atoms with Gasteiger partial charge in [-0.3, -0.25) is 9.59 Å². The van der Waals surface area contributed by atoms with Crippen LogP contribution in [0.3, 0.4) is 0 Å². The lowest BCUT2D eigenvalue weighted by Gasteiger charge is -2.31. The number of piperidine rings is 1. The Labute approximate surface area is 141 Å². The van der Waals surface area contributed by atoms with E-state index in [4.69, 9.17) is 4.74 Å². The van der Waals surface area contributed by atoms with Gasteiger partial charge in [-0.1, -0.05) is 17.7 Å². The van der Waals surface area contributed by atoms with E-state index >= 15 is 0 Å². The van der Waals surface area contributed by atoms with Crippen LogP contribution >= 0.6 is 0 Å². The number of rotatable bonds is 3. The average molecular weight is 333 g/mol. The Morgan fingerprint density at radius 1 is 1.12 bits per heavy atom. The van der Waals surface area contributed by atoms with Crippen LogP contribution in [-0.2, 0) is 14.3 Å². The fraction of sp³-hybridized carbons (Fsp3) is 0.471. The smallest absolute Gasteiger partial charge is 0.409 e. The van der Waals surface area contributed by atoms with Crippen molar-refractivity contribution in [3.63, 3.8) is 0 Å². The van der Waals surface area contributed by atoms with E-state index in [1.165, 1.54) is 0 Å². The fourth-order valence-corrected chi connectivity index (χ4v) is 2.50. The molecule has 3 amide bonds. The highest BCUT2D eigenvalue weighted by molar-refractivity contribution is 6.39. The summed E-state index contributed by atoms with van der Waals surface area (Å²) in [4.78, 5) is 37.1. The lowest BCUT2D eigenvalue weighted by Crippen LogP contribution is -2.49. The molecule has 24 heavy (non-hydrogen) atoms. The van der Waals surface area contributed by atoms with E-state index in [0.29, 0.717) is 38.2 Å². The van der Waals surface area contributed by atoms with E-state index in [9.17, 15) is 14.4 Å². The van der Waals surface area contributed by atoms with Gasteiger partial charge in [-0.15, -0.1) is 0 Å². The number of nitrogens with zero attached hydrogens (tertiary/aromatic N) is 1. The third kappa shape index (κ3) is 4.97. The summed E-state index contributed by atoms with van der Waals surface area (Å²) in [6.45, 7) is 5.06. The van der Waals surface area contributed by atoms with Gasteiger partial charge in [0.1, 0.15) is 0 Å². The molecule has 1 aromatic rings. The zero-order chi connectivity index (χ0) is 17.5. The molecule has 7 heteroatoms. The molecule has 0 unspecified atom stereocenters. The van der Waals surface area contributed by atoms with Gasteiger partial charge >= 0.3 is 17.9 Å². The molecule has 0 saturated carbocycles. The first kappa shape index (κ1) is 17.8. The molecule has 1 saturated heterocycles. The number of ether oxygens (including phenoxy) is 1. The summed E-state index contributed by atoms with van der Waals surface area (Å²) >= 11 is 0. The normalized spacial score (nSPS) is 14.8. The molecule has 0 aromatic heterocycles. The van der Waals surface area contributed by atoms with Crippen LogP contribution in [0.2, 0.25) is 0 Å². The Morgan fingerprint density at radius 2 is 1.75 bits per heavy atom. The molecule has 0 aliphatic carbocycles. The minimum Gasteiger partial charge on any atom is -0.450 e. The summed E-state index contributed by atoms with van der Waals surface area (Å²) < 4.78 is 4.95. The molecule has 0 radical (unpaired) electrons. The highest BCUT2D eigenvalue weighted by Crippen LogP contribution is 2.12. The van der Waals surface area contributed by atoms with Crippen LogP contribution in [0, 0.1) is 6.92 Å². The van der Waals surface area contributed by atoms with Crippen LogP contribution in [0.15, 0.2) is 24.3 Å². The maximum Gasteiger partial charge on any atom is 0.409 e. The van der Waals surface area contributed by atoms with E-state index in [-0.39, 0.29) is 12.1 Å². The summed E-state index contributed by atoms with van der Waals surface area (Å²) in [5.74, 6) is -1.35. The number of nitrogens with one attached hydrogen (secondary N) is 2. The van der Waals surface area contributed by atoms with Crippen molar-refractivity contribution in [1.29, 1.82) is 0 Å². The number of hydrogen-bond acceptors (Lipinski definition) is 4. The minimum absolute atomic E-state index is 0.119. The molecule has 1 aromatic carbocycles. The van der Waals surface area contributed by atoms with E-state index < -0.39 is 11.8 Å². The van der Waals surface area contributed by atoms with Crippen molar-refractivity contribution in [2.24, 2.45) is 0 Å². The molecule has 2 rings (SSSR count). The van der Waals surface area contributed by atoms with Crippen LogP contribution in [-0.4, -0.2) is 48.5 Å². The highest BCUT2D eigenvalue weighted by Gasteiger charge is 2.26. The standard InChI is InChI=1S/C17H23N3O4/c1-3-24-17(23)20-10-8-14(9-11-20)19-16(22)15(21)18-13-6-4-12(2)5-7-13/h4-7,14H,3,8-11H2,1-2H3,(H,18,21)(H,19,22). The van der Waals surface area contributed by atoms with Crippen LogP contribution in [0.5, 0.6) is 0 Å². The van der Waals surface area contributed by atoms with Gasteiger partial charge in [0.2, 0.25) is 0 Å². The maximum atomic E-state index is 12.0. The van der Waals surface area contributed by atoms with E-state index in [1.807, 2.05) is 19.1 Å². The molecule has 130 valence electrons. The van der Waals surface area contributed by atoms with Crippen molar-refractivity contribution in [2.45, 2.75) is 32.7 Å². The summed E-state index contributed by atoms with van der Waals surface area (Å²) in [5.41, 5.74) is 1.66. The summed E-state index contributed by atoms with van der Waals surface area (Å²) in [5, 5.41) is 5.28. The molecular formula is C17H23N3O4. The Morgan fingerprint density at radius 3 is 2.33 bits per heavy atom. The largest absolute Gasteiger partial charge is 0.450 e. The maximum absolute atomic E-state index is 12.0. The number of carbonyl (C=O) groups excluding carboxylic acids is 3. The number of carbonyl (C=O) groups is 3. The summed E-state index contributed by atoms with van der Waals surface area (Å²) in [6.07, 6.45) is 0.865. The summed E-state index contributed by atoms with van der Waals surface area (Å²) in [6, 6.07) is 7.10. The van der Waals surface area contributed by atoms with Gasteiger partial charge < -0.3 is 20.3 Å². The van der Waals surface area contributed by atoms with Crippen molar-refractivity contribution in [3.05, 3.63) is 29.8 Å². The second kappa shape index (κ2) is 8.33. The number of likely N-dealkylation sites (tertiary alicyclic amines) is 1. The lowest BCUT2D eigenvalue weighted by molar-refractivity contribution is -0.136. The van der Waals surface area contributed by atoms with Crippen molar-refractivity contribution >= 4 is 23.6 Å². The minimum atomic E-state index is -0.688. The van der Waals surface area contributed by atoms with Gasteiger partial charge in [0.15, 0.2) is 0 Å². The third-order valence-electron chi connectivity index (χ3n) is 3.87. The van der Waals surface area contributed by atoms with Crippen molar-refractivity contribution in [3.8, 4) is 0 Å². The fourth-order valence-electron chi connectivity index (χ4n) is 2.50. The number of amides is 3. The van der Waals surface area contributed by atoms with Crippen LogP contribution in [0.4, 0.5) is 10.5 Å². The highest BCUT2D eigenvalue weighted by atomic mass is 16.6. The first-order valence-corrected chi connectivity index (χ1v) is 8.09. The Hall–Kier alpha value is -2.57. The predicted molar refractivity (Wildman–Crippen MR) is 89.6 cm³/mol. The van der Waals surface area contributed by atoms with Crippen LogP contribution in [0.25, 0.3) is 0 Å². The number of anilines is 1. The first-order valence-electron chi connectivity index (χ1n) is 8.09. The zero-order valence-corrected chi connectivity index (χ0v) is 14.0. The third-order valence-corrected chi connectivity index (χ3v) is 3.87. The first-order chi connectivity index (χ1) is 11.5. The molecule has 1 aliphatic heterocycles. The topological polar surface area (TPSA) is 87.7 Å². The second-order valence-electron chi connectivity index (χ2n) is 5.75. The van der Waals surface area contributed by atoms with E-state index in [2.05, 4.69) is 10.6 Å². The lowest BCUT2D eigenvalue weighted by atomic mass is 10.1. The molecule has 1 aliphatic rings. The van der Waals surface area contributed by atoms with Gasteiger partial charge in [0.05, 0.1) is 6.61 Å². The molecular weight excluding hydrogens is 310 g/mol. The summed E-state index contributed by atoms with van der Waals surface area (Å²) in [7, 11) is 0. The molecule has 1 heterocycles. The number of hydrogen-bond donors (Lipinski definition) is 2. The quantitative estimate of drug-likeness (QED) is 0.824. The van der Waals surface area contributed by atoms with Crippen molar-refractivity contribution in [2.75, 3.05) is 25.0 Å². The van der Waals surface area contributed by atoms with Gasteiger partial charge in [0.25, 0.3) is 0 Å². The molecule has 2 N–H and O–H groups in total. The van der Waals surface area contributed by atoms with Crippen LogP contribution in [0.1, 0.15) is 25.3 Å². The number of aryl methyl sites for hydroxylation is 1. The van der Waals surface area contributed by atoms with Gasteiger partial charge in [-0.05, 0) is 38.8 Å². The monoisotopic (exact) mass is 333 g/mol. The van der Waals surface area contributed by atoms with Gasteiger partial charge in [-0.25, -0.2) is 4.79 Å². The van der Waals surface area contributed by atoms with Crippen molar-refractivity contribution in [1.82, 2.24) is 10.2 Å². The van der Waals surface area contributed by atoms with E-state index in [0.717, 1.165) is 5.56 Å². The average Bonchev–Trinajstić information content (AvgIpc) is 2.57. The van der Waals surface area contributed by atoms with Gasteiger partial charge in [0, 0.05) is 24.8 Å². The Kier molecular flexibility index (Phi) is 6.17.